The Kier molecular flexibility index (Phi) is 7.70. The van der Waals surface area contributed by atoms with Crippen LogP contribution in [0.2, 0.25) is 0 Å². The fourth-order valence-electron chi connectivity index (χ4n) is 3.83. The third-order valence-electron chi connectivity index (χ3n) is 5.18. The van der Waals surface area contributed by atoms with E-state index in [1.807, 2.05) is 0 Å². The topological polar surface area (TPSA) is 81.6 Å². The van der Waals surface area contributed by atoms with Crippen LogP contribution in [-0.2, 0) is 11.2 Å². The summed E-state index contributed by atoms with van der Waals surface area (Å²) < 4.78 is 27.0. The van der Waals surface area contributed by atoms with Gasteiger partial charge in [0.25, 0.3) is 0 Å². The summed E-state index contributed by atoms with van der Waals surface area (Å²) in [6.45, 7) is 3.95. The number of carbonyl (C=O) groups excluding carboxylic acids is 1. The summed E-state index contributed by atoms with van der Waals surface area (Å²) in [6, 6.07) is 2.02. The SMILES string of the molecule is CCCCC1(O)CCNC(C(O)C(Cc2cc(F)cc(F)c2)NC(C)=O)C1. The summed E-state index contributed by atoms with van der Waals surface area (Å²) in [5, 5.41) is 27.6. The summed E-state index contributed by atoms with van der Waals surface area (Å²) >= 11 is 0. The minimum absolute atomic E-state index is 0.0843. The standard InChI is InChI=1S/C20H30F2N2O3/c1-3-4-5-20(27)6-7-23-18(12-20)19(26)17(24-13(2)25)10-14-8-15(21)11-16(22)9-14/h8-9,11,17-19,23,26-27H,3-7,10,12H2,1-2H3,(H,24,25). The number of rotatable bonds is 8. The lowest BCUT2D eigenvalue weighted by molar-refractivity contribution is -0.121. The number of piperidine rings is 1. The maximum Gasteiger partial charge on any atom is 0.217 e. The van der Waals surface area contributed by atoms with Crippen LogP contribution in [0, 0.1) is 11.6 Å². The van der Waals surface area contributed by atoms with E-state index in [0.29, 0.717) is 31.4 Å². The average Bonchev–Trinajstić information content (AvgIpc) is 2.57. The van der Waals surface area contributed by atoms with Crippen LogP contribution in [0.25, 0.3) is 0 Å². The van der Waals surface area contributed by atoms with Gasteiger partial charge < -0.3 is 20.8 Å². The Hall–Kier alpha value is -1.57. The van der Waals surface area contributed by atoms with Crippen LogP contribution in [-0.4, -0.2) is 46.5 Å². The highest BCUT2D eigenvalue weighted by atomic mass is 19.1. The predicted octanol–water partition coefficient (Wildman–Crippen LogP) is 2.05. The molecule has 4 N–H and O–H groups in total. The quantitative estimate of drug-likeness (QED) is 0.553. The Morgan fingerprint density at radius 3 is 2.63 bits per heavy atom. The van der Waals surface area contributed by atoms with Gasteiger partial charge in [-0.05, 0) is 49.9 Å². The first kappa shape index (κ1) is 21.7. The zero-order valence-electron chi connectivity index (χ0n) is 16.0. The van der Waals surface area contributed by atoms with Crippen molar-refractivity contribution in [2.45, 2.75) is 76.2 Å². The van der Waals surface area contributed by atoms with E-state index in [4.69, 9.17) is 0 Å². The third-order valence-corrected chi connectivity index (χ3v) is 5.18. The molecule has 0 aliphatic carbocycles. The molecule has 5 nitrogen and oxygen atoms in total. The molecule has 0 aromatic heterocycles. The second-order valence-corrected chi connectivity index (χ2v) is 7.62. The van der Waals surface area contributed by atoms with Crippen molar-refractivity contribution >= 4 is 5.91 Å². The highest BCUT2D eigenvalue weighted by molar-refractivity contribution is 5.73. The first-order valence-electron chi connectivity index (χ1n) is 9.58. The zero-order chi connectivity index (χ0) is 20.0. The van der Waals surface area contributed by atoms with Crippen molar-refractivity contribution in [2.24, 2.45) is 0 Å². The second kappa shape index (κ2) is 9.57. The Morgan fingerprint density at radius 1 is 1.37 bits per heavy atom. The van der Waals surface area contributed by atoms with Gasteiger partial charge in [0, 0.05) is 19.0 Å². The minimum Gasteiger partial charge on any atom is -0.390 e. The van der Waals surface area contributed by atoms with E-state index in [0.717, 1.165) is 18.9 Å². The molecule has 7 heteroatoms. The molecule has 1 aromatic carbocycles. The van der Waals surface area contributed by atoms with Crippen LogP contribution in [0.4, 0.5) is 8.78 Å². The van der Waals surface area contributed by atoms with Crippen LogP contribution < -0.4 is 10.6 Å². The van der Waals surface area contributed by atoms with E-state index in [-0.39, 0.29) is 12.3 Å². The highest BCUT2D eigenvalue weighted by Crippen LogP contribution is 2.29. The number of amides is 1. The molecule has 0 radical (unpaired) electrons. The molecule has 1 amide bonds. The van der Waals surface area contributed by atoms with Gasteiger partial charge in [0.1, 0.15) is 11.6 Å². The molecular formula is C20H30F2N2O3. The number of nitrogens with one attached hydrogen (secondary N) is 2. The fraction of sp³-hybridized carbons (Fsp3) is 0.650. The van der Waals surface area contributed by atoms with E-state index in [1.54, 1.807) is 0 Å². The van der Waals surface area contributed by atoms with Gasteiger partial charge in [-0.25, -0.2) is 8.78 Å². The molecule has 4 unspecified atom stereocenters. The average molecular weight is 384 g/mol. The van der Waals surface area contributed by atoms with Crippen molar-refractivity contribution < 1.29 is 23.8 Å². The number of aliphatic hydroxyl groups excluding tert-OH is 1. The number of unbranched alkanes of at least 4 members (excludes halogenated alkanes) is 1. The molecule has 152 valence electrons. The first-order chi connectivity index (χ1) is 12.7. The van der Waals surface area contributed by atoms with Gasteiger partial charge in [-0.3, -0.25) is 4.79 Å². The van der Waals surface area contributed by atoms with Crippen LogP contribution in [0.1, 0.15) is 51.5 Å². The molecule has 1 aromatic rings. The third kappa shape index (κ3) is 6.52. The van der Waals surface area contributed by atoms with Gasteiger partial charge in [0.05, 0.1) is 17.7 Å². The molecule has 1 aliphatic rings. The van der Waals surface area contributed by atoms with E-state index >= 15 is 0 Å². The molecule has 1 fully saturated rings. The van der Waals surface area contributed by atoms with Crippen molar-refractivity contribution in [1.82, 2.24) is 10.6 Å². The lowest BCUT2D eigenvalue weighted by atomic mass is 9.80. The number of aliphatic hydroxyl groups is 2. The molecule has 0 bridgehead atoms. The molecule has 0 spiro atoms. The number of benzene rings is 1. The Labute approximate surface area is 159 Å². The van der Waals surface area contributed by atoms with Gasteiger partial charge in [-0.2, -0.15) is 0 Å². The number of halogens is 2. The largest absolute Gasteiger partial charge is 0.390 e. The summed E-state index contributed by atoms with van der Waals surface area (Å²) in [5.74, 6) is -1.75. The van der Waals surface area contributed by atoms with E-state index in [2.05, 4.69) is 17.6 Å². The van der Waals surface area contributed by atoms with Gasteiger partial charge in [0.2, 0.25) is 5.91 Å². The molecule has 27 heavy (non-hydrogen) atoms. The van der Waals surface area contributed by atoms with Gasteiger partial charge in [-0.15, -0.1) is 0 Å². The van der Waals surface area contributed by atoms with Crippen LogP contribution in [0.15, 0.2) is 18.2 Å². The Bertz CT molecular complexity index is 623. The van der Waals surface area contributed by atoms with Crippen molar-refractivity contribution in [3.8, 4) is 0 Å². The molecule has 0 saturated carbocycles. The van der Waals surface area contributed by atoms with Crippen LogP contribution >= 0.6 is 0 Å². The normalized spacial score (nSPS) is 25.0. The zero-order valence-corrected chi connectivity index (χ0v) is 16.0. The second-order valence-electron chi connectivity index (χ2n) is 7.62. The highest BCUT2D eigenvalue weighted by Gasteiger charge is 2.39. The molecular weight excluding hydrogens is 354 g/mol. The predicted molar refractivity (Wildman–Crippen MR) is 99.2 cm³/mol. The van der Waals surface area contributed by atoms with Crippen molar-refractivity contribution in [2.75, 3.05) is 6.54 Å². The van der Waals surface area contributed by atoms with Crippen molar-refractivity contribution in [3.63, 3.8) is 0 Å². The Balaban J connectivity index is 2.13. The van der Waals surface area contributed by atoms with E-state index in [1.165, 1.54) is 19.1 Å². The van der Waals surface area contributed by atoms with E-state index < -0.39 is 35.4 Å². The van der Waals surface area contributed by atoms with Gasteiger partial charge >= 0.3 is 0 Å². The monoisotopic (exact) mass is 384 g/mol. The summed E-state index contributed by atoms with van der Waals surface area (Å²) in [7, 11) is 0. The number of hydrogen-bond donors (Lipinski definition) is 4. The molecule has 1 aliphatic heterocycles. The Morgan fingerprint density at radius 2 is 2.04 bits per heavy atom. The fourth-order valence-corrected chi connectivity index (χ4v) is 3.83. The van der Waals surface area contributed by atoms with Gasteiger partial charge in [0.15, 0.2) is 0 Å². The number of hydrogen-bond acceptors (Lipinski definition) is 4. The summed E-state index contributed by atoms with van der Waals surface area (Å²) in [5.41, 5.74) is -0.499. The molecule has 2 rings (SSSR count). The van der Waals surface area contributed by atoms with Crippen LogP contribution in [0.3, 0.4) is 0 Å². The lowest BCUT2D eigenvalue weighted by Crippen LogP contribution is -2.59. The van der Waals surface area contributed by atoms with E-state index in [9.17, 15) is 23.8 Å². The smallest absolute Gasteiger partial charge is 0.217 e. The van der Waals surface area contributed by atoms with Crippen molar-refractivity contribution in [3.05, 3.63) is 35.4 Å². The van der Waals surface area contributed by atoms with Crippen molar-refractivity contribution in [1.29, 1.82) is 0 Å². The minimum atomic E-state index is -1.01. The molecule has 1 heterocycles. The summed E-state index contributed by atoms with van der Waals surface area (Å²) in [6.07, 6.45) is 2.58. The number of carbonyl (C=O) groups is 1. The first-order valence-corrected chi connectivity index (χ1v) is 9.58. The van der Waals surface area contributed by atoms with Gasteiger partial charge in [-0.1, -0.05) is 19.8 Å². The maximum absolute atomic E-state index is 13.5. The molecule has 1 saturated heterocycles. The van der Waals surface area contributed by atoms with Crippen LogP contribution in [0.5, 0.6) is 0 Å². The molecule has 4 atom stereocenters. The summed E-state index contributed by atoms with van der Waals surface area (Å²) in [4.78, 5) is 11.6. The maximum atomic E-state index is 13.5. The lowest BCUT2D eigenvalue weighted by Gasteiger charge is -2.41.